The van der Waals surface area contributed by atoms with E-state index in [4.69, 9.17) is 4.74 Å². The molecule has 1 fully saturated rings. The zero-order valence-corrected chi connectivity index (χ0v) is 15.7. The molecule has 0 aromatic heterocycles. The van der Waals surface area contributed by atoms with E-state index in [1.54, 1.807) is 0 Å². The molecule has 0 radical (unpaired) electrons. The third kappa shape index (κ3) is 4.07. The second-order valence-electron chi connectivity index (χ2n) is 7.48. The van der Waals surface area contributed by atoms with Crippen molar-refractivity contribution in [3.05, 3.63) is 33.8 Å². The van der Waals surface area contributed by atoms with E-state index < -0.39 is 5.60 Å². The fraction of sp³-hybridized carbons (Fsp3) is 0.611. The number of carbonyl (C=O) groups is 1. The Balaban J connectivity index is 1.53. The molecule has 0 saturated carbocycles. The Bertz CT molecular complexity index is 589. The molecular formula is C18H25BrN2O2. The molecule has 0 bridgehead atoms. The number of carbonyl (C=O) groups excluding carboxylic acids is 1. The maximum atomic E-state index is 12.1. The molecule has 1 heterocycles. The number of fused-ring (bicyclic) bond motifs is 1. The molecule has 126 valence electrons. The van der Waals surface area contributed by atoms with Crippen LogP contribution in [0, 0.1) is 0 Å². The van der Waals surface area contributed by atoms with Gasteiger partial charge < -0.3 is 9.64 Å². The summed E-state index contributed by atoms with van der Waals surface area (Å²) in [5.74, 6) is 0. The van der Waals surface area contributed by atoms with Crippen molar-refractivity contribution in [2.45, 2.75) is 45.3 Å². The Kier molecular flexibility index (Phi) is 4.70. The second kappa shape index (κ2) is 6.44. The monoisotopic (exact) mass is 380 g/mol. The lowest BCUT2D eigenvalue weighted by Crippen LogP contribution is -2.53. The Morgan fingerprint density at radius 2 is 1.78 bits per heavy atom. The first kappa shape index (κ1) is 16.8. The van der Waals surface area contributed by atoms with Crippen molar-refractivity contribution in [3.8, 4) is 0 Å². The van der Waals surface area contributed by atoms with E-state index >= 15 is 0 Å². The molecule has 2 aliphatic rings. The maximum Gasteiger partial charge on any atom is 0.410 e. The van der Waals surface area contributed by atoms with Crippen LogP contribution in [0.1, 0.15) is 31.9 Å². The predicted molar refractivity (Wildman–Crippen MR) is 94.7 cm³/mol. The normalized spacial score (nSPS) is 22.1. The van der Waals surface area contributed by atoms with Crippen LogP contribution < -0.4 is 0 Å². The molecule has 0 spiro atoms. The van der Waals surface area contributed by atoms with Crippen LogP contribution >= 0.6 is 15.9 Å². The van der Waals surface area contributed by atoms with Gasteiger partial charge in [0.2, 0.25) is 0 Å². The summed E-state index contributed by atoms with van der Waals surface area (Å²) >= 11 is 3.56. The van der Waals surface area contributed by atoms with Crippen LogP contribution in [0.15, 0.2) is 22.7 Å². The number of piperazine rings is 1. The summed E-state index contributed by atoms with van der Waals surface area (Å²) in [6, 6.07) is 7.17. The number of hydrogen-bond donors (Lipinski definition) is 0. The Hall–Kier alpha value is -1.07. The molecule has 1 atom stereocenters. The molecule has 0 N–H and O–H groups in total. The third-order valence-corrected chi connectivity index (χ3v) is 5.05. The fourth-order valence-corrected chi connectivity index (χ4v) is 3.83. The van der Waals surface area contributed by atoms with Gasteiger partial charge in [-0.15, -0.1) is 0 Å². The first-order valence-electron chi connectivity index (χ1n) is 8.31. The lowest BCUT2D eigenvalue weighted by Gasteiger charge is -2.38. The molecule has 1 unspecified atom stereocenters. The molecule has 3 rings (SSSR count). The van der Waals surface area contributed by atoms with Gasteiger partial charge >= 0.3 is 6.09 Å². The average molecular weight is 381 g/mol. The van der Waals surface area contributed by atoms with Gasteiger partial charge in [0.1, 0.15) is 5.60 Å². The molecule has 1 aromatic carbocycles. The van der Waals surface area contributed by atoms with E-state index in [9.17, 15) is 4.79 Å². The smallest absolute Gasteiger partial charge is 0.410 e. The topological polar surface area (TPSA) is 32.8 Å². The third-order valence-electron chi connectivity index (χ3n) is 4.56. The summed E-state index contributed by atoms with van der Waals surface area (Å²) in [6.07, 6.45) is 2.05. The molecule has 1 aliphatic heterocycles. The van der Waals surface area contributed by atoms with Crippen LogP contribution in [0.25, 0.3) is 0 Å². The zero-order chi connectivity index (χ0) is 16.6. The number of halogens is 1. The van der Waals surface area contributed by atoms with E-state index in [-0.39, 0.29) is 6.09 Å². The quantitative estimate of drug-likeness (QED) is 0.747. The summed E-state index contributed by atoms with van der Waals surface area (Å²) < 4.78 is 6.62. The van der Waals surface area contributed by atoms with Gasteiger partial charge in [-0.3, -0.25) is 4.90 Å². The Morgan fingerprint density at radius 1 is 1.13 bits per heavy atom. The minimum atomic E-state index is -0.422. The first-order valence-corrected chi connectivity index (χ1v) is 9.10. The van der Waals surface area contributed by atoms with Crippen LogP contribution in [0.3, 0.4) is 0 Å². The molecule has 5 heteroatoms. The first-order chi connectivity index (χ1) is 10.8. The number of nitrogens with zero attached hydrogens (tertiary/aromatic N) is 2. The SMILES string of the molecule is CC(C)(C)OC(=O)N1CCN(C2Cc3ccc(Br)cc3C2)CC1. The molecule has 1 aromatic rings. The molecule has 1 saturated heterocycles. The number of hydrogen-bond acceptors (Lipinski definition) is 3. The van der Waals surface area contributed by atoms with Crippen LogP contribution in [-0.2, 0) is 17.6 Å². The summed E-state index contributed by atoms with van der Waals surface area (Å²) in [5, 5.41) is 0. The standard InChI is InChI=1S/C18H25BrN2O2/c1-18(2,3)23-17(22)21-8-6-20(7-9-21)16-11-13-4-5-15(19)10-14(13)12-16/h4-5,10,16H,6-9,11-12H2,1-3H3. The summed E-state index contributed by atoms with van der Waals surface area (Å²) in [6.45, 7) is 9.11. The van der Waals surface area contributed by atoms with Gasteiger partial charge in [0, 0.05) is 36.7 Å². The number of amides is 1. The van der Waals surface area contributed by atoms with E-state index in [1.165, 1.54) is 11.1 Å². The van der Waals surface area contributed by atoms with E-state index in [0.29, 0.717) is 6.04 Å². The second-order valence-corrected chi connectivity index (χ2v) is 8.39. The lowest BCUT2D eigenvalue weighted by molar-refractivity contribution is 0.0107. The van der Waals surface area contributed by atoms with E-state index in [0.717, 1.165) is 43.5 Å². The number of benzene rings is 1. The van der Waals surface area contributed by atoms with Gasteiger partial charge in [-0.1, -0.05) is 22.0 Å². The maximum absolute atomic E-state index is 12.1. The molecule has 1 aliphatic carbocycles. The average Bonchev–Trinajstić information content (AvgIpc) is 2.88. The fourth-order valence-electron chi connectivity index (χ4n) is 3.42. The van der Waals surface area contributed by atoms with Gasteiger partial charge in [-0.2, -0.15) is 0 Å². The molecule has 23 heavy (non-hydrogen) atoms. The van der Waals surface area contributed by atoms with Gasteiger partial charge in [-0.05, 0) is 56.9 Å². The minimum Gasteiger partial charge on any atom is -0.444 e. The van der Waals surface area contributed by atoms with Crippen LogP contribution in [0.2, 0.25) is 0 Å². The highest BCUT2D eigenvalue weighted by molar-refractivity contribution is 9.10. The largest absolute Gasteiger partial charge is 0.444 e. The van der Waals surface area contributed by atoms with Crippen molar-refractivity contribution in [2.24, 2.45) is 0 Å². The Morgan fingerprint density at radius 3 is 2.43 bits per heavy atom. The highest BCUT2D eigenvalue weighted by Gasteiger charge is 2.31. The van der Waals surface area contributed by atoms with Crippen LogP contribution in [0.5, 0.6) is 0 Å². The zero-order valence-electron chi connectivity index (χ0n) is 14.1. The Labute approximate surface area is 146 Å². The summed E-state index contributed by atoms with van der Waals surface area (Å²) in [4.78, 5) is 16.5. The summed E-state index contributed by atoms with van der Waals surface area (Å²) in [5.41, 5.74) is 2.50. The number of ether oxygens (including phenoxy) is 1. The highest BCUT2D eigenvalue weighted by atomic mass is 79.9. The van der Waals surface area contributed by atoms with Crippen molar-refractivity contribution in [1.29, 1.82) is 0 Å². The van der Waals surface area contributed by atoms with E-state index in [2.05, 4.69) is 39.0 Å². The van der Waals surface area contributed by atoms with Gasteiger partial charge in [0.15, 0.2) is 0 Å². The highest BCUT2D eigenvalue weighted by Crippen LogP contribution is 2.28. The molecule has 1 amide bonds. The minimum absolute atomic E-state index is 0.184. The van der Waals surface area contributed by atoms with E-state index in [1.807, 2.05) is 25.7 Å². The van der Waals surface area contributed by atoms with Crippen molar-refractivity contribution >= 4 is 22.0 Å². The van der Waals surface area contributed by atoms with Gasteiger partial charge in [0.25, 0.3) is 0 Å². The predicted octanol–water partition coefficient (Wildman–Crippen LogP) is 3.47. The van der Waals surface area contributed by atoms with Gasteiger partial charge in [-0.25, -0.2) is 4.79 Å². The summed E-state index contributed by atoms with van der Waals surface area (Å²) in [7, 11) is 0. The molecule has 4 nitrogen and oxygen atoms in total. The van der Waals surface area contributed by atoms with Crippen molar-refractivity contribution < 1.29 is 9.53 Å². The van der Waals surface area contributed by atoms with Crippen LogP contribution in [0.4, 0.5) is 4.79 Å². The van der Waals surface area contributed by atoms with Gasteiger partial charge in [0.05, 0.1) is 0 Å². The lowest BCUT2D eigenvalue weighted by atomic mass is 10.1. The van der Waals surface area contributed by atoms with Crippen molar-refractivity contribution in [2.75, 3.05) is 26.2 Å². The van der Waals surface area contributed by atoms with Crippen molar-refractivity contribution in [3.63, 3.8) is 0 Å². The molecular weight excluding hydrogens is 356 g/mol. The number of rotatable bonds is 1. The van der Waals surface area contributed by atoms with Crippen LogP contribution in [-0.4, -0.2) is 53.7 Å². The van der Waals surface area contributed by atoms with Crippen molar-refractivity contribution in [1.82, 2.24) is 9.80 Å².